The minimum atomic E-state index is -0.201. The second kappa shape index (κ2) is 5.09. The molecular weight excluding hydrogens is 272 g/mol. The first-order valence-electron chi connectivity index (χ1n) is 5.93. The largest absolute Gasteiger partial charge is 0.376 e. The molecule has 0 radical (unpaired) electrons. The van der Waals surface area contributed by atoms with Crippen LogP contribution in [0.2, 0.25) is 5.15 Å². The van der Waals surface area contributed by atoms with Crippen molar-refractivity contribution in [3.05, 3.63) is 21.9 Å². The van der Waals surface area contributed by atoms with Gasteiger partial charge in [-0.15, -0.1) is 11.3 Å². The van der Waals surface area contributed by atoms with Crippen LogP contribution in [0.1, 0.15) is 23.7 Å². The highest BCUT2D eigenvalue weighted by Crippen LogP contribution is 2.31. The summed E-state index contributed by atoms with van der Waals surface area (Å²) in [7, 11) is 0. The summed E-state index contributed by atoms with van der Waals surface area (Å²) in [6, 6.07) is 2.06. The minimum Gasteiger partial charge on any atom is -0.376 e. The Balaban J connectivity index is 2.02. The van der Waals surface area contributed by atoms with Crippen LogP contribution in [0.3, 0.4) is 0 Å². The van der Waals surface area contributed by atoms with Crippen molar-refractivity contribution in [1.29, 1.82) is 0 Å². The van der Waals surface area contributed by atoms with Crippen molar-refractivity contribution < 1.29 is 9.47 Å². The molecule has 1 fully saturated rings. The molecule has 2 aromatic rings. The van der Waals surface area contributed by atoms with E-state index in [9.17, 15) is 0 Å². The maximum absolute atomic E-state index is 6.21. The molecule has 0 aliphatic carbocycles. The standard InChI is InChI=1S/C12H13ClN2O2S/c1-2-7-5-8-10(13)14-11(15-12(8)18-7)9-6-16-3-4-17-9/h5,9H,2-4,6H2,1H3. The molecule has 1 aliphatic rings. The summed E-state index contributed by atoms with van der Waals surface area (Å²) in [4.78, 5) is 11.1. The van der Waals surface area contributed by atoms with Crippen LogP contribution in [0, 0.1) is 0 Å². The number of aromatic nitrogens is 2. The van der Waals surface area contributed by atoms with E-state index < -0.39 is 0 Å². The number of hydrogen-bond donors (Lipinski definition) is 0. The first kappa shape index (κ1) is 12.3. The Morgan fingerprint density at radius 1 is 1.44 bits per heavy atom. The molecule has 3 rings (SSSR count). The van der Waals surface area contributed by atoms with Gasteiger partial charge in [-0.3, -0.25) is 0 Å². The molecule has 3 heterocycles. The number of fused-ring (bicyclic) bond motifs is 1. The SMILES string of the molecule is CCc1cc2c(Cl)nc(C3COCCO3)nc2s1. The van der Waals surface area contributed by atoms with Crippen LogP contribution in [0.15, 0.2) is 6.07 Å². The zero-order valence-corrected chi connectivity index (χ0v) is 11.6. The van der Waals surface area contributed by atoms with Gasteiger partial charge >= 0.3 is 0 Å². The lowest BCUT2D eigenvalue weighted by molar-refractivity contribution is -0.0933. The van der Waals surface area contributed by atoms with Gasteiger partial charge in [0.25, 0.3) is 0 Å². The number of thiophene rings is 1. The average molecular weight is 285 g/mol. The van der Waals surface area contributed by atoms with Crippen molar-refractivity contribution >= 4 is 33.2 Å². The van der Waals surface area contributed by atoms with E-state index in [1.54, 1.807) is 11.3 Å². The maximum atomic E-state index is 6.21. The number of nitrogens with zero attached hydrogens (tertiary/aromatic N) is 2. The molecule has 0 amide bonds. The van der Waals surface area contributed by atoms with Gasteiger partial charge < -0.3 is 9.47 Å². The van der Waals surface area contributed by atoms with E-state index in [2.05, 4.69) is 23.0 Å². The molecule has 0 spiro atoms. The third-order valence-corrected chi connectivity index (χ3v) is 4.33. The Labute approximate surface area is 114 Å². The molecule has 0 N–H and O–H groups in total. The highest BCUT2D eigenvalue weighted by molar-refractivity contribution is 7.18. The van der Waals surface area contributed by atoms with Crippen LogP contribution in [-0.4, -0.2) is 29.8 Å². The summed E-state index contributed by atoms with van der Waals surface area (Å²) in [6.45, 7) is 3.82. The van der Waals surface area contributed by atoms with E-state index in [0.29, 0.717) is 30.8 Å². The molecule has 96 valence electrons. The van der Waals surface area contributed by atoms with Gasteiger partial charge in [0.1, 0.15) is 16.1 Å². The van der Waals surface area contributed by atoms with Crippen LogP contribution < -0.4 is 0 Å². The summed E-state index contributed by atoms with van der Waals surface area (Å²) in [5.41, 5.74) is 0. The smallest absolute Gasteiger partial charge is 0.162 e. The Morgan fingerprint density at radius 2 is 2.33 bits per heavy atom. The van der Waals surface area contributed by atoms with Crippen LogP contribution in [0.25, 0.3) is 10.2 Å². The van der Waals surface area contributed by atoms with E-state index in [-0.39, 0.29) is 6.10 Å². The number of aryl methyl sites for hydroxylation is 1. The van der Waals surface area contributed by atoms with Gasteiger partial charge in [0, 0.05) is 10.3 Å². The summed E-state index contributed by atoms with van der Waals surface area (Å²) in [5, 5.41) is 1.43. The molecular formula is C12H13ClN2O2S. The highest BCUT2D eigenvalue weighted by Gasteiger charge is 2.21. The molecule has 1 unspecified atom stereocenters. The summed E-state index contributed by atoms with van der Waals surface area (Å²) >= 11 is 7.87. The average Bonchev–Trinajstić information content (AvgIpc) is 2.83. The number of hydrogen-bond acceptors (Lipinski definition) is 5. The molecule has 0 aromatic carbocycles. The van der Waals surface area contributed by atoms with Crippen molar-refractivity contribution in [2.75, 3.05) is 19.8 Å². The predicted molar refractivity (Wildman–Crippen MR) is 71.3 cm³/mol. The van der Waals surface area contributed by atoms with Crippen LogP contribution in [0.5, 0.6) is 0 Å². The van der Waals surface area contributed by atoms with Crippen molar-refractivity contribution in [2.45, 2.75) is 19.4 Å². The van der Waals surface area contributed by atoms with Crippen LogP contribution in [-0.2, 0) is 15.9 Å². The second-order valence-corrected chi connectivity index (χ2v) is 5.57. The topological polar surface area (TPSA) is 44.2 Å². The maximum Gasteiger partial charge on any atom is 0.162 e. The van der Waals surface area contributed by atoms with Crippen molar-refractivity contribution in [3.8, 4) is 0 Å². The Morgan fingerprint density at radius 3 is 3.06 bits per heavy atom. The van der Waals surface area contributed by atoms with E-state index >= 15 is 0 Å². The lowest BCUT2D eigenvalue weighted by Gasteiger charge is -2.21. The Kier molecular flexibility index (Phi) is 3.48. The lowest BCUT2D eigenvalue weighted by atomic mass is 10.3. The van der Waals surface area contributed by atoms with E-state index in [0.717, 1.165) is 16.6 Å². The summed E-state index contributed by atoms with van der Waals surface area (Å²) < 4.78 is 11.0. The van der Waals surface area contributed by atoms with Gasteiger partial charge in [0.05, 0.1) is 19.8 Å². The minimum absolute atomic E-state index is 0.201. The number of rotatable bonds is 2. The first-order valence-corrected chi connectivity index (χ1v) is 7.12. The molecule has 18 heavy (non-hydrogen) atoms. The normalized spacial score (nSPS) is 20.4. The van der Waals surface area contributed by atoms with Crippen molar-refractivity contribution in [3.63, 3.8) is 0 Å². The van der Waals surface area contributed by atoms with Crippen molar-refractivity contribution in [1.82, 2.24) is 9.97 Å². The molecule has 0 bridgehead atoms. The van der Waals surface area contributed by atoms with Gasteiger partial charge in [0.2, 0.25) is 0 Å². The van der Waals surface area contributed by atoms with Gasteiger partial charge in [-0.2, -0.15) is 0 Å². The van der Waals surface area contributed by atoms with E-state index in [4.69, 9.17) is 21.1 Å². The van der Waals surface area contributed by atoms with E-state index in [1.807, 2.05) is 0 Å². The number of halogens is 1. The van der Waals surface area contributed by atoms with Crippen LogP contribution >= 0.6 is 22.9 Å². The molecule has 4 nitrogen and oxygen atoms in total. The molecule has 1 saturated heterocycles. The molecule has 1 atom stereocenters. The molecule has 1 aliphatic heterocycles. The number of ether oxygens (including phenoxy) is 2. The zero-order chi connectivity index (χ0) is 12.5. The fourth-order valence-electron chi connectivity index (χ4n) is 1.91. The third-order valence-electron chi connectivity index (χ3n) is 2.87. The Hall–Kier alpha value is -0.750. The fourth-order valence-corrected chi connectivity index (χ4v) is 3.17. The van der Waals surface area contributed by atoms with Crippen molar-refractivity contribution in [2.24, 2.45) is 0 Å². The van der Waals surface area contributed by atoms with Gasteiger partial charge in [-0.05, 0) is 12.5 Å². The quantitative estimate of drug-likeness (QED) is 0.795. The van der Waals surface area contributed by atoms with Gasteiger partial charge in [-0.25, -0.2) is 9.97 Å². The predicted octanol–water partition coefficient (Wildman–Crippen LogP) is 3.00. The van der Waals surface area contributed by atoms with Gasteiger partial charge in [-0.1, -0.05) is 18.5 Å². The first-order chi connectivity index (χ1) is 8.78. The molecule has 0 saturated carbocycles. The molecule has 6 heteroatoms. The third kappa shape index (κ3) is 2.23. The Bertz CT molecular complexity index is 566. The highest BCUT2D eigenvalue weighted by atomic mass is 35.5. The monoisotopic (exact) mass is 284 g/mol. The lowest BCUT2D eigenvalue weighted by Crippen LogP contribution is -2.23. The van der Waals surface area contributed by atoms with Crippen LogP contribution in [0.4, 0.5) is 0 Å². The zero-order valence-electron chi connectivity index (χ0n) is 9.98. The second-order valence-electron chi connectivity index (χ2n) is 4.09. The summed E-state index contributed by atoms with van der Waals surface area (Å²) in [5.74, 6) is 0.622. The fraction of sp³-hybridized carbons (Fsp3) is 0.500. The summed E-state index contributed by atoms with van der Waals surface area (Å²) in [6.07, 6.45) is 0.781. The van der Waals surface area contributed by atoms with E-state index in [1.165, 1.54) is 4.88 Å². The molecule has 2 aromatic heterocycles. The van der Waals surface area contributed by atoms with Gasteiger partial charge in [0.15, 0.2) is 5.82 Å².